The third-order valence-electron chi connectivity index (χ3n) is 3.42. The molecule has 0 aliphatic rings. The van der Waals surface area contributed by atoms with E-state index in [4.69, 9.17) is 9.47 Å². The highest BCUT2D eigenvalue weighted by molar-refractivity contribution is 5.93. The maximum atomic E-state index is 12.0. The first-order valence-electron chi connectivity index (χ1n) is 7.05. The van der Waals surface area contributed by atoms with Gasteiger partial charge >= 0.3 is 0 Å². The van der Waals surface area contributed by atoms with Gasteiger partial charge in [-0.05, 0) is 48.7 Å². The predicted octanol–water partition coefficient (Wildman–Crippen LogP) is 2.80. The third kappa shape index (κ3) is 4.86. The standard InChI is InChI=1S/C17H20N2O3.ClH/c1-12-10-16(22-3)14(11-15(12)21-2)6-9-19-17(20)13-4-7-18-8-5-13;/h4-5,7-8,10-11H,6,9H2,1-3H3,(H,19,20);1H. The Bertz CT molecular complexity index is 648. The number of aromatic nitrogens is 1. The second-order valence-electron chi connectivity index (χ2n) is 4.88. The fraction of sp³-hybridized carbons (Fsp3) is 0.294. The van der Waals surface area contributed by atoms with E-state index in [0.717, 1.165) is 22.6 Å². The van der Waals surface area contributed by atoms with Gasteiger partial charge in [-0.3, -0.25) is 9.78 Å². The Labute approximate surface area is 142 Å². The van der Waals surface area contributed by atoms with E-state index in [1.54, 1.807) is 38.7 Å². The van der Waals surface area contributed by atoms with E-state index in [1.165, 1.54) is 0 Å². The lowest BCUT2D eigenvalue weighted by molar-refractivity contribution is 0.0954. The van der Waals surface area contributed by atoms with Gasteiger partial charge in [0, 0.05) is 24.5 Å². The number of methoxy groups -OCH3 is 2. The average Bonchev–Trinajstić information content (AvgIpc) is 2.56. The lowest BCUT2D eigenvalue weighted by Crippen LogP contribution is -2.25. The number of pyridine rings is 1. The summed E-state index contributed by atoms with van der Waals surface area (Å²) in [6.07, 6.45) is 3.86. The van der Waals surface area contributed by atoms with Gasteiger partial charge in [-0.1, -0.05) is 0 Å². The maximum absolute atomic E-state index is 12.0. The van der Waals surface area contributed by atoms with Gasteiger partial charge in [0.25, 0.3) is 5.91 Å². The van der Waals surface area contributed by atoms with Crippen LogP contribution >= 0.6 is 12.4 Å². The highest BCUT2D eigenvalue weighted by Crippen LogP contribution is 2.28. The van der Waals surface area contributed by atoms with Gasteiger partial charge in [0.2, 0.25) is 0 Å². The number of amides is 1. The molecule has 0 saturated carbocycles. The first kappa shape index (κ1) is 18.8. The quantitative estimate of drug-likeness (QED) is 0.881. The molecular weight excluding hydrogens is 316 g/mol. The van der Waals surface area contributed by atoms with Crippen LogP contribution in [-0.2, 0) is 6.42 Å². The van der Waals surface area contributed by atoms with Crippen LogP contribution in [0.3, 0.4) is 0 Å². The Balaban J connectivity index is 0.00000264. The first-order valence-corrected chi connectivity index (χ1v) is 7.05. The second-order valence-corrected chi connectivity index (χ2v) is 4.88. The molecule has 23 heavy (non-hydrogen) atoms. The van der Waals surface area contributed by atoms with Crippen molar-refractivity contribution in [1.82, 2.24) is 10.3 Å². The summed E-state index contributed by atoms with van der Waals surface area (Å²) in [5.41, 5.74) is 2.62. The fourth-order valence-electron chi connectivity index (χ4n) is 2.23. The number of nitrogens with one attached hydrogen (secondary N) is 1. The molecular formula is C17H21ClN2O3. The van der Waals surface area contributed by atoms with Gasteiger partial charge in [0.15, 0.2) is 0 Å². The number of carbonyl (C=O) groups is 1. The van der Waals surface area contributed by atoms with E-state index in [1.807, 2.05) is 19.1 Å². The zero-order valence-corrected chi connectivity index (χ0v) is 14.3. The molecule has 1 heterocycles. The molecule has 0 saturated heterocycles. The lowest BCUT2D eigenvalue weighted by atomic mass is 10.1. The van der Waals surface area contributed by atoms with Crippen molar-refractivity contribution in [2.45, 2.75) is 13.3 Å². The van der Waals surface area contributed by atoms with Crippen LogP contribution in [0.25, 0.3) is 0 Å². The zero-order valence-electron chi connectivity index (χ0n) is 13.5. The lowest BCUT2D eigenvalue weighted by Gasteiger charge is -2.13. The zero-order chi connectivity index (χ0) is 15.9. The number of benzene rings is 1. The number of carbonyl (C=O) groups excluding carboxylic acids is 1. The maximum Gasteiger partial charge on any atom is 0.251 e. The SMILES string of the molecule is COc1cc(CCNC(=O)c2ccncc2)c(OC)cc1C.Cl. The van der Waals surface area contributed by atoms with Crippen LogP contribution in [0, 0.1) is 6.92 Å². The van der Waals surface area contributed by atoms with Crippen molar-refractivity contribution in [2.75, 3.05) is 20.8 Å². The number of hydrogen-bond donors (Lipinski definition) is 1. The first-order chi connectivity index (χ1) is 10.7. The van der Waals surface area contributed by atoms with Crippen LogP contribution in [0.2, 0.25) is 0 Å². The molecule has 6 heteroatoms. The molecule has 2 rings (SSSR count). The molecule has 1 aromatic heterocycles. The molecule has 0 atom stereocenters. The molecule has 0 unspecified atom stereocenters. The number of halogens is 1. The Hall–Kier alpha value is -2.27. The van der Waals surface area contributed by atoms with Gasteiger partial charge in [-0.25, -0.2) is 0 Å². The smallest absolute Gasteiger partial charge is 0.251 e. The van der Waals surface area contributed by atoms with Crippen molar-refractivity contribution >= 4 is 18.3 Å². The molecule has 124 valence electrons. The van der Waals surface area contributed by atoms with Gasteiger partial charge < -0.3 is 14.8 Å². The average molecular weight is 337 g/mol. The molecule has 2 aromatic rings. The Kier molecular flexibility index (Phi) is 7.35. The van der Waals surface area contributed by atoms with Crippen molar-refractivity contribution in [3.8, 4) is 11.5 Å². The number of aryl methyl sites for hydroxylation is 1. The largest absolute Gasteiger partial charge is 0.496 e. The van der Waals surface area contributed by atoms with Crippen LogP contribution in [0.5, 0.6) is 11.5 Å². The van der Waals surface area contributed by atoms with Crippen molar-refractivity contribution in [1.29, 1.82) is 0 Å². The van der Waals surface area contributed by atoms with Crippen molar-refractivity contribution in [3.63, 3.8) is 0 Å². The number of ether oxygens (including phenoxy) is 2. The summed E-state index contributed by atoms with van der Waals surface area (Å²) in [5, 5.41) is 2.89. The van der Waals surface area contributed by atoms with Gasteiger partial charge in [-0.2, -0.15) is 0 Å². The Morgan fingerprint density at radius 1 is 1.13 bits per heavy atom. The molecule has 0 aliphatic heterocycles. The molecule has 0 fully saturated rings. The van der Waals surface area contributed by atoms with E-state index in [2.05, 4.69) is 10.3 Å². The van der Waals surface area contributed by atoms with Crippen LogP contribution < -0.4 is 14.8 Å². The number of rotatable bonds is 6. The third-order valence-corrected chi connectivity index (χ3v) is 3.42. The normalized spacial score (nSPS) is 9.70. The number of nitrogens with zero attached hydrogens (tertiary/aromatic N) is 1. The minimum Gasteiger partial charge on any atom is -0.496 e. The molecule has 0 bridgehead atoms. The van der Waals surface area contributed by atoms with Crippen LogP contribution in [0.4, 0.5) is 0 Å². The van der Waals surface area contributed by atoms with E-state index < -0.39 is 0 Å². The summed E-state index contributed by atoms with van der Waals surface area (Å²) in [6.45, 7) is 2.49. The molecule has 0 aliphatic carbocycles. The van der Waals surface area contributed by atoms with E-state index in [9.17, 15) is 4.79 Å². The van der Waals surface area contributed by atoms with Crippen LogP contribution in [0.15, 0.2) is 36.7 Å². The fourth-order valence-corrected chi connectivity index (χ4v) is 2.23. The van der Waals surface area contributed by atoms with Crippen LogP contribution in [-0.4, -0.2) is 31.7 Å². The topological polar surface area (TPSA) is 60.5 Å². The van der Waals surface area contributed by atoms with Crippen molar-refractivity contribution in [3.05, 3.63) is 53.3 Å². The minimum absolute atomic E-state index is 0. The molecule has 1 aromatic carbocycles. The summed E-state index contributed by atoms with van der Waals surface area (Å²) < 4.78 is 10.7. The Morgan fingerprint density at radius 2 is 1.78 bits per heavy atom. The summed E-state index contributed by atoms with van der Waals surface area (Å²) in [4.78, 5) is 15.9. The predicted molar refractivity (Wildman–Crippen MR) is 91.8 cm³/mol. The molecule has 1 N–H and O–H groups in total. The summed E-state index contributed by atoms with van der Waals surface area (Å²) >= 11 is 0. The van der Waals surface area contributed by atoms with E-state index >= 15 is 0 Å². The van der Waals surface area contributed by atoms with Crippen LogP contribution in [0.1, 0.15) is 21.5 Å². The Morgan fingerprint density at radius 3 is 2.39 bits per heavy atom. The highest BCUT2D eigenvalue weighted by Gasteiger charge is 2.10. The van der Waals surface area contributed by atoms with Gasteiger partial charge in [0.1, 0.15) is 11.5 Å². The second kappa shape index (κ2) is 9.00. The van der Waals surface area contributed by atoms with Crippen molar-refractivity contribution < 1.29 is 14.3 Å². The minimum atomic E-state index is -0.111. The molecule has 0 radical (unpaired) electrons. The van der Waals surface area contributed by atoms with Gasteiger partial charge in [-0.15, -0.1) is 12.4 Å². The monoisotopic (exact) mass is 336 g/mol. The highest BCUT2D eigenvalue weighted by atomic mass is 35.5. The number of hydrogen-bond acceptors (Lipinski definition) is 4. The summed E-state index contributed by atoms with van der Waals surface area (Å²) in [6, 6.07) is 7.27. The molecule has 1 amide bonds. The summed E-state index contributed by atoms with van der Waals surface area (Å²) in [7, 11) is 3.28. The molecule has 0 spiro atoms. The van der Waals surface area contributed by atoms with Gasteiger partial charge in [0.05, 0.1) is 14.2 Å². The molecule has 5 nitrogen and oxygen atoms in total. The van der Waals surface area contributed by atoms with E-state index in [0.29, 0.717) is 18.5 Å². The van der Waals surface area contributed by atoms with Crippen molar-refractivity contribution in [2.24, 2.45) is 0 Å². The summed E-state index contributed by atoms with van der Waals surface area (Å²) in [5.74, 6) is 1.51. The van der Waals surface area contributed by atoms with E-state index in [-0.39, 0.29) is 18.3 Å².